The molecular formula is C13H15F2NO4S. The number of carboxylic acids is 1. The smallest absolute Gasteiger partial charge is 0.387 e. The zero-order chi connectivity index (χ0) is 15.4. The first-order chi connectivity index (χ1) is 9.97. The average molecular weight is 319 g/mol. The van der Waals surface area contributed by atoms with E-state index in [0.29, 0.717) is 25.7 Å². The SMILES string of the molecule is O=C(NC1CCC(C(=O)O)CC1)c1sccc1OC(F)F. The van der Waals surface area contributed by atoms with Gasteiger partial charge in [0.2, 0.25) is 0 Å². The molecule has 1 amide bonds. The van der Waals surface area contributed by atoms with E-state index in [1.165, 1.54) is 11.4 Å². The van der Waals surface area contributed by atoms with Crippen molar-refractivity contribution in [2.45, 2.75) is 38.3 Å². The van der Waals surface area contributed by atoms with Gasteiger partial charge in [-0.1, -0.05) is 0 Å². The molecule has 0 radical (unpaired) electrons. The quantitative estimate of drug-likeness (QED) is 0.875. The molecule has 21 heavy (non-hydrogen) atoms. The molecule has 1 saturated carbocycles. The van der Waals surface area contributed by atoms with E-state index in [1.807, 2.05) is 0 Å². The number of halogens is 2. The van der Waals surface area contributed by atoms with Gasteiger partial charge in [-0.15, -0.1) is 11.3 Å². The molecule has 1 aliphatic carbocycles. The summed E-state index contributed by atoms with van der Waals surface area (Å²) < 4.78 is 28.7. The standard InChI is InChI=1S/C13H15F2NO4S/c14-13(15)20-9-5-6-21-10(9)11(17)16-8-3-1-7(2-4-8)12(18)19/h5-8,13H,1-4H2,(H,16,17)(H,18,19). The zero-order valence-electron chi connectivity index (χ0n) is 11.1. The minimum absolute atomic E-state index is 0.107. The maximum atomic E-state index is 12.2. The number of carboxylic acid groups (broad SMARTS) is 1. The highest BCUT2D eigenvalue weighted by Gasteiger charge is 2.28. The predicted molar refractivity (Wildman–Crippen MR) is 71.8 cm³/mol. The second-order valence-corrected chi connectivity index (χ2v) is 5.77. The molecule has 1 heterocycles. The van der Waals surface area contributed by atoms with E-state index in [9.17, 15) is 18.4 Å². The highest BCUT2D eigenvalue weighted by Crippen LogP contribution is 2.28. The number of hydrogen-bond donors (Lipinski definition) is 2. The van der Waals surface area contributed by atoms with Crippen LogP contribution in [-0.4, -0.2) is 29.6 Å². The topological polar surface area (TPSA) is 75.6 Å². The Morgan fingerprint density at radius 1 is 1.33 bits per heavy atom. The van der Waals surface area contributed by atoms with E-state index in [0.717, 1.165) is 11.3 Å². The van der Waals surface area contributed by atoms with Crippen molar-refractivity contribution in [1.29, 1.82) is 0 Å². The Balaban J connectivity index is 1.91. The minimum Gasteiger partial charge on any atom is -0.481 e. The fourth-order valence-electron chi connectivity index (χ4n) is 2.39. The summed E-state index contributed by atoms with van der Waals surface area (Å²) in [5.74, 6) is -1.77. The normalized spacial score (nSPS) is 22.0. The molecule has 0 atom stereocenters. The molecule has 1 aromatic rings. The first kappa shape index (κ1) is 15.7. The third kappa shape index (κ3) is 4.13. The van der Waals surface area contributed by atoms with Gasteiger partial charge in [0.1, 0.15) is 10.6 Å². The summed E-state index contributed by atoms with van der Waals surface area (Å²) in [6, 6.07) is 1.20. The van der Waals surface area contributed by atoms with Gasteiger partial charge in [-0.3, -0.25) is 9.59 Å². The first-order valence-electron chi connectivity index (χ1n) is 6.53. The third-order valence-electron chi connectivity index (χ3n) is 3.46. The van der Waals surface area contributed by atoms with Crippen LogP contribution in [0.25, 0.3) is 0 Å². The molecule has 0 aliphatic heterocycles. The fraction of sp³-hybridized carbons (Fsp3) is 0.538. The summed E-state index contributed by atoms with van der Waals surface area (Å²) in [5.41, 5.74) is 0. The van der Waals surface area contributed by atoms with Crippen LogP contribution in [0.2, 0.25) is 0 Å². The van der Waals surface area contributed by atoms with Crippen LogP contribution in [0, 0.1) is 5.92 Å². The van der Waals surface area contributed by atoms with Gasteiger partial charge in [-0.05, 0) is 37.1 Å². The van der Waals surface area contributed by atoms with Crippen molar-refractivity contribution < 1.29 is 28.2 Å². The number of thiophene rings is 1. The lowest BCUT2D eigenvalue weighted by atomic mass is 9.86. The van der Waals surface area contributed by atoms with E-state index in [2.05, 4.69) is 10.1 Å². The molecule has 2 rings (SSSR count). The number of nitrogens with one attached hydrogen (secondary N) is 1. The van der Waals surface area contributed by atoms with Gasteiger partial charge in [0.05, 0.1) is 5.92 Å². The average Bonchev–Trinajstić information content (AvgIpc) is 2.86. The van der Waals surface area contributed by atoms with Crippen LogP contribution in [0.5, 0.6) is 5.75 Å². The number of alkyl halides is 2. The Kier molecular flexibility index (Phi) is 5.11. The Bertz CT molecular complexity index is 512. The number of carbonyl (C=O) groups excluding carboxylic acids is 1. The summed E-state index contributed by atoms with van der Waals surface area (Å²) in [6.45, 7) is -2.97. The molecule has 1 aliphatic rings. The van der Waals surface area contributed by atoms with Gasteiger partial charge in [0.15, 0.2) is 0 Å². The lowest BCUT2D eigenvalue weighted by molar-refractivity contribution is -0.142. The summed E-state index contributed by atoms with van der Waals surface area (Å²) in [6.07, 6.45) is 2.15. The van der Waals surface area contributed by atoms with E-state index in [4.69, 9.17) is 5.11 Å². The summed E-state index contributed by atoms with van der Waals surface area (Å²) in [5, 5.41) is 13.2. The molecule has 1 aromatic heterocycles. The summed E-state index contributed by atoms with van der Waals surface area (Å²) in [4.78, 5) is 23.0. The maximum absolute atomic E-state index is 12.2. The second kappa shape index (κ2) is 6.84. The van der Waals surface area contributed by atoms with Crippen LogP contribution in [0.4, 0.5) is 8.78 Å². The number of hydrogen-bond acceptors (Lipinski definition) is 4. The summed E-state index contributed by atoms with van der Waals surface area (Å²) in [7, 11) is 0. The molecule has 1 fully saturated rings. The van der Waals surface area contributed by atoms with Crippen molar-refractivity contribution in [3.8, 4) is 5.75 Å². The van der Waals surface area contributed by atoms with Crippen LogP contribution in [0.1, 0.15) is 35.4 Å². The number of ether oxygens (including phenoxy) is 1. The number of aliphatic carboxylic acids is 1. The van der Waals surface area contributed by atoms with Crippen molar-refractivity contribution in [3.63, 3.8) is 0 Å². The van der Waals surface area contributed by atoms with Crippen LogP contribution in [0.3, 0.4) is 0 Å². The molecular weight excluding hydrogens is 304 g/mol. The van der Waals surface area contributed by atoms with Gasteiger partial charge in [-0.2, -0.15) is 8.78 Å². The van der Waals surface area contributed by atoms with E-state index in [-0.39, 0.29) is 22.6 Å². The molecule has 8 heteroatoms. The molecule has 0 unspecified atom stereocenters. The molecule has 116 valence electrons. The van der Waals surface area contributed by atoms with Crippen LogP contribution >= 0.6 is 11.3 Å². The van der Waals surface area contributed by atoms with Crippen molar-refractivity contribution in [2.75, 3.05) is 0 Å². The lowest BCUT2D eigenvalue weighted by Gasteiger charge is -2.26. The summed E-state index contributed by atoms with van der Waals surface area (Å²) >= 11 is 1.03. The Morgan fingerprint density at radius 2 is 2.00 bits per heavy atom. The monoisotopic (exact) mass is 319 g/mol. The van der Waals surface area contributed by atoms with E-state index >= 15 is 0 Å². The van der Waals surface area contributed by atoms with Crippen LogP contribution < -0.4 is 10.1 Å². The van der Waals surface area contributed by atoms with Crippen LogP contribution in [0.15, 0.2) is 11.4 Å². The van der Waals surface area contributed by atoms with Gasteiger partial charge < -0.3 is 15.2 Å². The Hall–Kier alpha value is -1.70. The van der Waals surface area contributed by atoms with Gasteiger partial charge in [-0.25, -0.2) is 0 Å². The number of carbonyl (C=O) groups is 2. The molecule has 0 bridgehead atoms. The number of rotatable bonds is 5. The fourth-order valence-corrected chi connectivity index (χ4v) is 3.11. The highest BCUT2D eigenvalue weighted by molar-refractivity contribution is 7.12. The van der Waals surface area contributed by atoms with E-state index in [1.54, 1.807) is 0 Å². The predicted octanol–water partition coefficient (Wildman–Crippen LogP) is 2.72. The van der Waals surface area contributed by atoms with Crippen molar-refractivity contribution in [1.82, 2.24) is 5.32 Å². The molecule has 0 saturated heterocycles. The molecule has 0 aromatic carbocycles. The highest BCUT2D eigenvalue weighted by atomic mass is 32.1. The maximum Gasteiger partial charge on any atom is 0.387 e. The minimum atomic E-state index is -2.97. The van der Waals surface area contributed by atoms with Crippen molar-refractivity contribution in [2.24, 2.45) is 5.92 Å². The zero-order valence-corrected chi connectivity index (χ0v) is 11.9. The Morgan fingerprint density at radius 3 is 2.57 bits per heavy atom. The van der Waals surface area contributed by atoms with Gasteiger partial charge in [0, 0.05) is 6.04 Å². The van der Waals surface area contributed by atoms with Gasteiger partial charge >= 0.3 is 12.6 Å². The first-order valence-corrected chi connectivity index (χ1v) is 7.41. The number of amides is 1. The van der Waals surface area contributed by atoms with Crippen molar-refractivity contribution in [3.05, 3.63) is 16.3 Å². The molecule has 0 spiro atoms. The molecule has 5 nitrogen and oxygen atoms in total. The molecule has 2 N–H and O–H groups in total. The largest absolute Gasteiger partial charge is 0.481 e. The third-order valence-corrected chi connectivity index (χ3v) is 4.36. The Labute approximate surface area is 123 Å². The van der Waals surface area contributed by atoms with Crippen molar-refractivity contribution >= 4 is 23.2 Å². The van der Waals surface area contributed by atoms with Crippen LogP contribution in [-0.2, 0) is 4.79 Å². The lowest BCUT2D eigenvalue weighted by Crippen LogP contribution is -2.38. The van der Waals surface area contributed by atoms with E-state index < -0.39 is 18.5 Å². The van der Waals surface area contributed by atoms with Gasteiger partial charge in [0.25, 0.3) is 5.91 Å². The second-order valence-electron chi connectivity index (χ2n) is 4.85.